The fraction of sp³-hybridized carbons (Fsp3) is 0.453. The van der Waals surface area contributed by atoms with Crippen LogP contribution in [0.15, 0.2) is 168 Å². The van der Waals surface area contributed by atoms with Crippen LogP contribution in [-0.2, 0) is 58.0 Å². The molecule has 2 aliphatic heterocycles. The van der Waals surface area contributed by atoms with Gasteiger partial charge in [-0.3, -0.25) is 43.8 Å². The number of carbonyl (C=O) groups excluding carboxylic acids is 4. The van der Waals surface area contributed by atoms with Gasteiger partial charge in [-0.15, -0.1) is 0 Å². The molecule has 5 aromatic carbocycles. The zero-order chi connectivity index (χ0) is 65.8. The molecule has 10 atom stereocenters. The van der Waals surface area contributed by atoms with Gasteiger partial charge in [-0.25, -0.2) is 0 Å². The monoisotopic (exact) mass is 1270 g/mol. The molecule has 4 heterocycles. The zero-order valence-electron chi connectivity index (χ0n) is 54.7. The van der Waals surface area contributed by atoms with Crippen LogP contribution < -0.4 is 21.3 Å². The summed E-state index contributed by atoms with van der Waals surface area (Å²) in [7, 11) is 0. The van der Waals surface area contributed by atoms with E-state index in [1.54, 1.807) is 6.20 Å². The number of furan rings is 1. The molecule has 0 bridgehead atoms. The highest BCUT2D eigenvalue weighted by Gasteiger charge is 2.40. The van der Waals surface area contributed by atoms with Crippen molar-refractivity contribution in [2.24, 2.45) is 11.8 Å². The van der Waals surface area contributed by atoms with Crippen molar-refractivity contribution in [3.8, 4) is 0 Å². The van der Waals surface area contributed by atoms with Gasteiger partial charge in [0.15, 0.2) is 0 Å². The Hall–Kier alpha value is -7.65. The second-order valence-corrected chi connectivity index (χ2v) is 28.0. The first-order valence-corrected chi connectivity index (χ1v) is 33.1. The van der Waals surface area contributed by atoms with Crippen molar-refractivity contribution in [2.45, 2.75) is 153 Å². The SMILES string of the molecule is CC(C)(C)NC(=O)[C@@H]1CN(Cc2cc3ccccc3o2)CCN1C[C@@H](O)C[C@@H](Cc1ccccc1)C(=O)NC1c2ccccc2C[C@H]1O.CC(C)(C)NC(=O)[C@@H]1CN(Cc2cccnc2)CCN1C[C@@H](O)C[C@@H](Cc1ccccc1)C(=O)NC1c2ccccc2C[C@H]1O. The number of aromatic nitrogens is 1. The predicted molar refractivity (Wildman–Crippen MR) is 360 cm³/mol. The molecule has 0 saturated carbocycles. The minimum absolute atomic E-state index is 0.0712. The summed E-state index contributed by atoms with van der Waals surface area (Å²) in [4.78, 5) is 67.7. The molecule has 0 spiro atoms. The van der Waals surface area contributed by atoms with Gasteiger partial charge < -0.3 is 46.1 Å². The van der Waals surface area contributed by atoms with E-state index in [-0.39, 0.29) is 49.6 Å². The molecular formula is C75H95N9O9. The number of nitrogens with one attached hydrogen (secondary N) is 4. The molecule has 4 amide bonds. The van der Waals surface area contributed by atoms with Gasteiger partial charge in [0, 0.05) is 112 Å². The van der Waals surface area contributed by atoms with E-state index >= 15 is 0 Å². The molecular weight excluding hydrogens is 1170 g/mol. The standard InChI is InChI=1S/C39H48N4O5.C36H47N5O4/c1-39(2,3)41-38(47)33-25-42(24-31-21-28-14-8-10-16-35(28)48-31)17-18-43(33)23-30(44)20-29(19-26-11-5-4-6-12-26)37(46)40-36-32-15-9-7-13-27(32)22-34(36)45;1-36(2,3)39-35(45)31-24-40(22-26-12-9-15-37-21-26)16-17-41(31)23-29(42)19-28(18-25-10-5-4-6-11-25)34(44)38-33-30-14-8-7-13-27(30)20-32(33)43/h4-16,21,29-30,33-34,36,44-45H,17-20,22-25H2,1-3H3,(H,40,46)(H,41,47);4-15,21,28-29,31-33,42-43H,16-20,22-24H2,1-3H3,(H,38,44)(H,39,45)/t29-,30+,33+,34-,36?;28-,29+,31+,32-,33?/m11/s1. The smallest absolute Gasteiger partial charge is 0.239 e. The van der Waals surface area contributed by atoms with Gasteiger partial charge in [-0.05, 0) is 124 Å². The van der Waals surface area contributed by atoms with Crippen molar-refractivity contribution in [1.29, 1.82) is 0 Å². The number of carbonyl (C=O) groups is 4. The molecule has 18 nitrogen and oxygen atoms in total. The van der Waals surface area contributed by atoms with Crippen LogP contribution in [0.25, 0.3) is 11.0 Å². The molecule has 8 N–H and O–H groups in total. The Labute approximate surface area is 547 Å². The molecule has 18 heteroatoms. The predicted octanol–water partition coefficient (Wildman–Crippen LogP) is 7.09. The molecule has 2 fully saturated rings. The number of fused-ring (bicyclic) bond motifs is 3. The number of aliphatic hydroxyl groups is 4. The van der Waals surface area contributed by atoms with Crippen molar-refractivity contribution < 1.29 is 44.0 Å². The normalized spacial score (nSPS) is 21.7. The van der Waals surface area contributed by atoms with Crippen LogP contribution in [0.1, 0.15) is 111 Å². The Morgan fingerprint density at radius 1 is 0.548 bits per heavy atom. The fourth-order valence-corrected chi connectivity index (χ4v) is 13.7. The lowest BCUT2D eigenvalue weighted by Crippen LogP contribution is -2.61. The zero-order valence-corrected chi connectivity index (χ0v) is 54.7. The van der Waals surface area contributed by atoms with E-state index in [9.17, 15) is 39.6 Å². The van der Waals surface area contributed by atoms with E-state index in [1.165, 1.54) is 0 Å². The summed E-state index contributed by atoms with van der Waals surface area (Å²) in [6, 6.07) is 47.2. The van der Waals surface area contributed by atoms with E-state index < -0.39 is 71.5 Å². The molecule has 93 heavy (non-hydrogen) atoms. The third-order valence-corrected chi connectivity index (χ3v) is 18.1. The quantitative estimate of drug-likeness (QED) is 0.0339. The van der Waals surface area contributed by atoms with Crippen molar-refractivity contribution in [3.63, 3.8) is 0 Å². The topological polar surface area (TPSA) is 236 Å². The Balaban J connectivity index is 0.000000204. The van der Waals surface area contributed by atoms with E-state index in [0.29, 0.717) is 71.5 Å². The lowest BCUT2D eigenvalue weighted by Gasteiger charge is -2.42. The fourth-order valence-electron chi connectivity index (χ4n) is 13.7. The molecule has 7 aromatic rings. The maximum Gasteiger partial charge on any atom is 0.239 e. The summed E-state index contributed by atoms with van der Waals surface area (Å²) in [5.41, 5.74) is 7.08. The molecule has 0 radical (unpaired) electrons. The third kappa shape index (κ3) is 19.0. The van der Waals surface area contributed by atoms with E-state index in [2.05, 4.69) is 51.9 Å². The number of β-amino-alcohol motifs (C(OH)–C–C–N with tert-alkyl or cyclic N) is 2. The summed E-state index contributed by atoms with van der Waals surface area (Å²) in [6.07, 6.45) is 2.87. The first kappa shape index (κ1) is 68.2. The number of hydrogen-bond acceptors (Lipinski definition) is 14. The average molecular weight is 1270 g/mol. The maximum absolute atomic E-state index is 13.9. The van der Waals surface area contributed by atoms with Crippen LogP contribution in [0.3, 0.4) is 0 Å². The van der Waals surface area contributed by atoms with Crippen LogP contribution in [0.5, 0.6) is 0 Å². The number of aliphatic hydroxyl groups excluding tert-OH is 4. The number of piperazine rings is 2. The number of amides is 4. The molecule has 494 valence electrons. The summed E-state index contributed by atoms with van der Waals surface area (Å²) in [5, 5.41) is 58.2. The molecule has 11 rings (SSSR count). The van der Waals surface area contributed by atoms with Crippen molar-refractivity contribution in [1.82, 2.24) is 45.9 Å². The first-order valence-electron chi connectivity index (χ1n) is 33.1. The van der Waals surface area contributed by atoms with E-state index in [1.807, 2.05) is 193 Å². The number of hydrogen-bond donors (Lipinski definition) is 8. The maximum atomic E-state index is 13.9. The largest absolute Gasteiger partial charge is 0.460 e. The van der Waals surface area contributed by atoms with Gasteiger partial charge in [0.2, 0.25) is 23.6 Å². The van der Waals surface area contributed by atoms with Gasteiger partial charge in [0.1, 0.15) is 23.4 Å². The highest BCUT2D eigenvalue weighted by molar-refractivity contribution is 5.84. The second kappa shape index (κ2) is 31.1. The minimum atomic E-state index is -0.850. The number of nitrogens with zero attached hydrogens (tertiary/aromatic N) is 5. The van der Waals surface area contributed by atoms with Crippen molar-refractivity contribution in [2.75, 3.05) is 52.4 Å². The van der Waals surface area contributed by atoms with Crippen molar-refractivity contribution >= 4 is 34.6 Å². The summed E-state index contributed by atoms with van der Waals surface area (Å²) >= 11 is 0. The lowest BCUT2D eigenvalue weighted by molar-refractivity contribution is -0.132. The molecule has 4 aliphatic rings. The van der Waals surface area contributed by atoms with Crippen LogP contribution in [0, 0.1) is 11.8 Å². The van der Waals surface area contributed by atoms with Crippen LogP contribution >= 0.6 is 0 Å². The minimum Gasteiger partial charge on any atom is -0.460 e. The van der Waals surface area contributed by atoms with Gasteiger partial charge in [0.05, 0.1) is 43.0 Å². The highest BCUT2D eigenvalue weighted by Crippen LogP contribution is 2.34. The van der Waals surface area contributed by atoms with Gasteiger partial charge in [-0.1, -0.05) is 133 Å². The van der Waals surface area contributed by atoms with Crippen LogP contribution in [-0.4, -0.2) is 169 Å². The number of pyridine rings is 1. The first-order chi connectivity index (χ1) is 44.6. The Morgan fingerprint density at radius 3 is 1.45 bits per heavy atom. The molecule has 2 aromatic heterocycles. The van der Waals surface area contributed by atoms with Gasteiger partial charge in [-0.2, -0.15) is 0 Å². The summed E-state index contributed by atoms with van der Waals surface area (Å²) in [6.45, 7) is 17.2. The van der Waals surface area contributed by atoms with E-state index in [4.69, 9.17) is 4.42 Å². The number of para-hydroxylation sites is 1. The van der Waals surface area contributed by atoms with E-state index in [0.717, 1.165) is 62.2 Å². The number of rotatable bonds is 22. The second-order valence-electron chi connectivity index (χ2n) is 28.0. The summed E-state index contributed by atoms with van der Waals surface area (Å²) in [5.74, 6) is -0.744. The van der Waals surface area contributed by atoms with Crippen molar-refractivity contribution in [3.05, 3.63) is 209 Å². The Bertz CT molecular complexity index is 3550. The van der Waals surface area contributed by atoms with Crippen LogP contribution in [0.2, 0.25) is 0 Å². The number of benzene rings is 5. The lowest BCUT2D eigenvalue weighted by atomic mass is 9.91. The highest BCUT2D eigenvalue weighted by atomic mass is 16.3. The summed E-state index contributed by atoms with van der Waals surface area (Å²) < 4.78 is 6.08. The Morgan fingerprint density at radius 2 is 0.989 bits per heavy atom. The average Bonchev–Trinajstić information content (AvgIpc) is 1.81. The Kier molecular flexibility index (Phi) is 22.8. The van der Waals surface area contributed by atoms with Gasteiger partial charge >= 0.3 is 0 Å². The van der Waals surface area contributed by atoms with Gasteiger partial charge in [0.25, 0.3) is 0 Å². The van der Waals surface area contributed by atoms with Crippen LogP contribution in [0.4, 0.5) is 0 Å². The molecule has 2 unspecified atom stereocenters. The molecule has 2 aliphatic carbocycles. The third-order valence-electron chi connectivity index (χ3n) is 18.1. The molecule has 2 saturated heterocycles.